The molecule has 0 radical (unpaired) electrons. The molecule has 4 aromatic heterocycles. The predicted molar refractivity (Wildman–Crippen MR) is 157 cm³/mol. The number of benzene rings is 2. The number of nitrogens with one attached hydrogen (secondary N) is 3. The summed E-state index contributed by atoms with van der Waals surface area (Å²) in [7, 11) is 0.597. The zero-order chi connectivity index (χ0) is 28.7. The van der Waals surface area contributed by atoms with Crippen LogP contribution in [0, 0.1) is 5.82 Å². The summed E-state index contributed by atoms with van der Waals surface area (Å²) in [6, 6.07) is 14.1. The summed E-state index contributed by atoms with van der Waals surface area (Å²) in [6.45, 7) is 0.747. The van der Waals surface area contributed by atoms with E-state index in [9.17, 15) is 12.8 Å². The Morgan fingerprint density at radius 2 is 1.80 bits per heavy atom. The molecule has 6 rings (SSSR count). The standard InChI is InChI=1S/C29H27FN8O2S/c1-38(2)16-18-8-20(14-31-12-18)25-11-23-26(15-32-25)36-37-28(23)29-34-24-6-4-5-22(27(24)35-29)19-7-17(9-21(30)10-19)13-33-41(3,39)40/h4-12,14-15,33H,13,16H2,1-3H3,(H,34,35)(H,36,37). The molecule has 0 bridgehead atoms. The molecule has 0 fully saturated rings. The Labute approximate surface area is 235 Å². The lowest BCUT2D eigenvalue weighted by atomic mass is 10.0. The number of hydrogen-bond acceptors (Lipinski definition) is 7. The molecule has 0 atom stereocenters. The van der Waals surface area contributed by atoms with E-state index in [0.717, 1.165) is 46.0 Å². The third kappa shape index (κ3) is 5.71. The molecule has 0 spiro atoms. The first kappa shape index (κ1) is 26.7. The molecule has 0 aliphatic rings. The first-order valence-electron chi connectivity index (χ1n) is 12.8. The molecule has 2 aromatic carbocycles. The smallest absolute Gasteiger partial charge is 0.209 e. The summed E-state index contributed by atoms with van der Waals surface area (Å²) < 4.78 is 40.1. The molecular formula is C29H27FN8O2S. The molecule has 4 heterocycles. The van der Waals surface area contributed by atoms with Gasteiger partial charge in [-0.05, 0) is 67.2 Å². The van der Waals surface area contributed by atoms with Gasteiger partial charge in [-0.15, -0.1) is 0 Å². The minimum absolute atomic E-state index is 0.0193. The summed E-state index contributed by atoms with van der Waals surface area (Å²) in [6.07, 6.45) is 6.45. The van der Waals surface area contributed by atoms with E-state index in [1.165, 1.54) is 12.1 Å². The van der Waals surface area contributed by atoms with Crippen LogP contribution in [0.4, 0.5) is 4.39 Å². The Kier molecular flexibility index (Phi) is 6.81. The van der Waals surface area contributed by atoms with E-state index >= 15 is 0 Å². The second-order valence-electron chi connectivity index (χ2n) is 10.2. The number of rotatable bonds is 8. The summed E-state index contributed by atoms with van der Waals surface area (Å²) in [5.41, 5.74) is 7.32. The van der Waals surface area contributed by atoms with E-state index in [0.29, 0.717) is 33.7 Å². The van der Waals surface area contributed by atoms with Crippen molar-refractivity contribution in [3.05, 3.63) is 84.1 Å². The minimum atomic E-state index is -3.42. The molecule has 0 aliphatic heterocycles. The van der Waals surface area contributed by atoms with Gasteiger partial charge in [0.1, 0.15) is 11.5 Å². The predicted octanol–water partition coefficient (Wildman–Crippen LogP) is 4.48. The van der Waals surface area contributed by atoms with Crippen molar-refractivity contribution in [2.24, 2.45) is 0 Å². The maximum Gasteiger partial charge on any atom is 0.209 e. The normalized spacial score (nSPS) is 12.1. The molecule has 3 N–H and O–H groups in total. The van der Waals surface area contributed by atoms with Gasteiger partial charge in [0.25, 0.3) is 0 Å². The fraction of sp³-hybridized carbons (Fsp3) is 0.172. The molecule has 208 valence electrons. The van der Waals surface area contributed by atoms with E-state index in [2.05, 4.69) is 40.8 Å². The molecule has 6 aromatic rings. The average molecular weight is 571 g/mol. The van der Waals surface area contributed by atoms with Gasteiger partial charge in [-0.25, -0.2) is 22.5 Å². The van der Waals surface area contributed by atoms with Crippen LogP contribution in [-0.2, 0) is 23.1 Å². The SMILES string of the molecule is CN(C)Cc1cncc(-c2cc3c(-c4nc5c(-c6cc(F)cc(CNS(C)(=O)=O)c6)cccc5[nH]4)n[nH]c3cn2)c1. The van der Waals surface area contributed by atoms with Gasteiger partial charge in [0, 0.05) is 42.0 Å². The fourth-order valence-electron chi connectivity index (χ4n) is 4.83. The van der Waals surface area contributed by atoms with Crippen molar-refractivity contribution in [3.8, 4) is 33.9 Å². The minimum Gasteiger partial charge on any atom is -0.337 e. The highest BCUT2D eigenvalue weighted by Gasteiger charge is 2.17. The van der Waals surface area contributed by atoms with Crippen molar-refractivity contribution in [2.75, 3.05) is 20.4 Å². The van der Waals surface area contributed by atoms with Crippen LogP contribution in [0.3, 0.4) is 0 Å². The molecule has 0 amide bonds. The van der Waals surface area contributed by atoms with E-state index in [-0.39, 0.29) is 6.54 Å². The molecule has 41 heavy (non-hydrogen) atoms. The number of aromatic nitrogens is 6. The van der Waals surface area contributed by atoms with Crippen LogP contribution in [0.5, 0.6) is 0 Å². The molecule has 0 unspecified atom stereocenters. The highest BCUT2D eigenvalue weighted by atomic mass is 32.2. The zero-order valence-corrected chi connectivity index (χ0v) is 23.4. The third-order valence-electron chi connectivity index (χ3n) is 6.58. The van der Waals surface area contributed by atoms with Gasteiger partial charge in [-0.3, -0.25) is 15.1 Å². The van der Waals surface area contributed by atoms with E-state index < -0.39 is 15.8 Å². The van der Waals surface area contributed by atoms with Crippen LogP contribution in [0.2, 0.25) is 0 Å². The number of sulfonamides is 1. The topological polar surface area (TPSA) is 133 Å². The number of fused-ring (bicyclic) bond motifs is 2. The van der Waals surface area contributed by atoms with Crippen molar-refractivity contribution in [2.45, 2.75) is 13.1 Å². The van der Waals surface area contributed by atoms with Crippen molar-refractivity contribution >= 4 is 32.0 Å². The van der Waals surface area contributed by atoms with Gasteiger partial charge < -0.3 is 9.88 Å². The van der Waals surface area contributed by atoms with Crippen molar-refractivity contribution in [1.29, 1.82) is 0 Å². The summed E-state index contributed by atoms with van der Waals surface area (Å²) >= 11 is 0. The highest BCUT2D eigenvalue weighted by Crippen LogP contribution is 2.33. The summed E-state index contributed by atoms with van der Waals surface area (Å²) in [5, 5.41) is 8.40. The fourth-order valence-corrected chi connectivity index (χ4v) is 5.26. The zero-order valence-electron chi connectivity index (χ0n) is 22.6. The number of para-hydroxylation sites is 1. The Morgan fingerprint density at radius 1 is 0.976 bits per heavy atom. The van der Waals surface area contributed by atoms with Crippen LogP contribution >= 0.6 is 0 Å². The number of H-pyrrole nitrogens is 2. The second kappa shape index (κ2) is 10.5. The largest absolute Gasteiger partial charge is 0.337 e. The second-order valence-corrected chi connectivity index (χ2v) is 12.1. The lowest BCUT2D eigenvalue weighted by Crippen LogP contribution is -2.21. The molecule has 12 heteroatoms. The van der Waals surface area contributed by atoms with Gasteiger partial charge in [0.15, 0.2) is 5.82 Å². The Morgan fingerprint density at radius 3 is 2.61 bits per heavy atom. The lowest BCUT2D eigenvalue weighted by Gasteiger charge is -2.10. The summed E-state index contributed by atoms with van der Waals surface area (Å²) in [4.78, 5) is 19.3. The van der Waals surface area contributed by atoms with Gasteiger partial charge in [-0.2, -0.15) is 5.10 Å². The Balaban J connectivity index is 1.40. The molecule has 0 saturated carbocycles. The Bertz CT molecular complexity index is 2020. The monoisotopic (exact) mass is 570 g/mol. The number of imidazole rings is 1. The number of pyridine rings is 2. The first-order valence-corrected chi connectivity index (χ1v) is 14.7. The van der Waals surface area contributed by atoms with E-state index in [4.69, 9.17) is 4.98 Å². The van der Waals surface area contributed by atoms with Crippen LogP contribution < -0.4 is 4.72 Å². The maximum atomic E-state index is 14.6. The molecule has 0 saturated heterocycles. The molecular weight excluding hydrogens is 543 g/mol. The quantitative estimate of drug-likeness (QED) is 0.246. The molecule has 10 nitrogen and oxygen atoms in total. The Hall–Kier alpha value is -4.52. The van der Waals surface area contributed by atoms with Crippen LogP contribution in [0.25, 0.3) is 55.8 Å². The van der Waals surface area contributed by atoms with Crippen molar-refractivity contribution < 1.29 is 12.8 Å². The van der Waals surface area contributed by atoms with Crippen LogP contribution in [0.15, 0.2) is 67.1 Å². The number of nitrogens with zero attached hydrogens (tertiary/aromatic N) is 5. The summed E-state index contributed by atoms with van der Waals surface area (Å²) in [5.74, 6) is 0.0775. The third-order valence-corrected chi connectivity index (χ3v) is 7.25. The van der Waals surface area contributed by atoms with Crippen LogP contribution in [-0.4, -0.2) is 63.8 Å². The lowest BCUT2D eigenvalue weighted by molar-refractivity contribution is 0.402. The highest BCUT2D eigenvalue weighted by molar-refractivity contribution is 7.88. The average Bonchev–Trinajstić information content (AvgIpc) is 3.54. The van der Waals surface area contributed by atoms with Crippen LogP contribution in [0.1, 0.15) is 11.1 Å². The number of halogens is 1. The van der Waals surface area contributed by atoms with Gasteiger partial charge in [0.2, 0.25) is 10.0 Å². The van der Waals surface area contributed by atoms with Gasteiger partial charge in [0.05, 0.1) is 34.7 Å². The first-order chi connectivity index (χ1) is 19.6. The van der Waals surface area contributed by atoms with Crippen molar-refractivity contribution in [1.82, 2.24) is 39.8 Å². The van der Waals surface area contributed by atoms with E-state index in [1.54, 1.807) is 18.5 Å². The van der Waals surface area contributed by atoms with Gasteiger partial charge >= 0.3 is 0 Å². The number of hydrogen-bond donors (Lipinski definition) is 3. The van der Waals surface area contributed by atoms with Gasteiger partial charge in [-0.1, -0.05) is 12.1 Å². The number of aromatic amines is 2. The van der Waals surface area contributed by atoms with E-state index in [1.807, 2.05) is 44.6 Å². The van der Waals surface area contributed by atoms with Crippen molar-refractivity contribution in [3.63, 3.8) is 0 Å². The maximum absolute atomic E-state index is 14.6. The molecule has 0 aliphatic carbocycles.